The van der Waals surface area contributed by atoms with Gasteiger partial charge in [-0.15, -0.1) is 0 Å². The number of nitrogens with zero attached hydrogens (tertiary/aromatic N) is 2. The molecule has 0 aliphatic carbocycles. The average molecular weight is 456 g/mol. The standard InChI is InChI=1S/C23H26BrN3O2/c24-20-9-3-2-8-18(20)22(28)25-17-10-11-21(26-12-6-7-13-26)19(16-17)23(29)27-14-4-1-5-15-27/h2-3,8-11,16H,1,4-7,12-15H2,(H,25,28). The Hall–Kier alpha value is -2.34. The van der Waals surface area contributed by atoms with Gasteiger partial charge in [-0.2, -0.15) is 0 Å². The molecular weight excluding hydrogens is 430 g/mol. The van der Waals surface area contributed by atoms with Gasteiger partial charge >= 0.3 is 0 Å². The molecule has 2 aliphatic rings. The summed E-state index contributed by atoms with van der Waals surface area (Å²) in [5, 5.41) is 2.96. The molecule has 4 rings (SSSR count). The molecular formula is C23H26BrN3O2. The summed E-state index contributed by atoms with van der Waals surface area (Å²) < 4.78 is 0.746. The van der Waals surface area contributed by atoms with Crippen LogP contribution in [0.25, 0.3) is 0 Å². The maximum absolute atomic E-state index is 13.3. The fraction of sp³-hybridized carbons (Fsp3) is 0.391. The molecule has 1 N–H and O–H groups in total. The molecule has 0 radical (unpaired) electrons. The van der Waals surface area contributed by atoms with Crippen LogP contribution in [0.3, 0.4) is 0 Å². The minimum Gasteiger partial charge on any atom is -0.371 e. The van der Waals surface area contributed by atoms with Gasteiger partial charge in [-0.1, -0.05) is 12.1 Å². The third kappa shape index (κ3) is 4.47. The molecule has 0 spiro atoms. The highest BCUT2D eigenvalue weighted by Gasteiger charge is 2.25. The number of halogens is 1. The van der Waals surface area contributed by atoms with Gasteiger partial charge in [0.05, 0.1) is 11.1 Å². The van der Waals surface area contributed by atoms with Gasteiger partial charge in [0.15, 0.2) is 0 Å². The van der Waals surface area contributed by atoms with Crippen molar-refractivity contribution in [3.8, 4) is 0 Å². The molecule has 0 bridgehead atoms. The van der Waals surface area contributed by atoms with Gasteiger partial charge in [-0.3, -0.25) is 9.59 Å². The number of carbonyl (C=O) groups excluding carboxylic acids is 2. The van der Waals surface area contributed by atoms with Crippen molar-refractivity contribution in [2.75, 3.05) is 36.4 Å². The third-order valence-electron chi connectivity index (χ3n) is 5.69. The Balaban J connectivity index is 1.62. The van der Waals surface area contributed by atoms with E-state index in [2.05, 4.69) is 26.1 Å². The van der Waals surface area contributed by atoms with Crippen molar-refractivity contribution in [2.24, 2.45) is 0 Å². The van der Waals surface area contributed by atoms with Crippen LogP contribution in [0.2, 0.25) is 0 Å². The Morgan fingerprint density at radius 2 is 1.52 bits per heavy atom. The number of rotatable bonds is 4. The topological polar surface area (TPSA) is 52.7 Å². The lowest BCUT2D eigenvalue weighted by atomic mass is 10.1. The number of hydrogen-bond donors (Lipinski definition) is 1. The van der Waals surface area contributed by atoms with Crippen molar-refractivity contribution in [3.63, 3.8) is 0 Å². The molecule has 0 atom stereocenters. The number of hydrogen-bond acceptors (Lipinski definition) is 3. The van der Waals surface area contributed by atoms with Crippen molar-refractivity contribution in [2.45, 2.75) is 32.1 Å². The van der Waals surface area contributed by atoms with Crippen LogP contribution in [0.15, 0.2) is 46.9 Å². The van der Waals surface area contributed by atoms with Gasteiger partial charge in [0.25, 0.3) is 11.8 Å². The van der Waals surface area contributed by atoms with Crippen LogP contribution >= 0.6 is 15.9 Å². The predicted octanol–water partition coefficient (Wildman–Crippen LogP) is 4.93. The van der Waals surface area contributed by atoms with E-state index in [4.69, 9.17) is 0 Å². The number of amides is 2. The Morgan fingerprint density at radius 1 is 0.828 bits per heavy atom. The number of likely N-dealkylation sites (tertiary alicyclic amines) is 1. The summed E-state index contributed by atoms with van der Waals surface area (Å²) in [6, 6.07) is 13.1. The first-order valence-electron chi connectivity index (χ1n) is 10.4. The predicted molar refractivity (Wildman–Crippen MR) is 120 cm³/mol. The molecule has 0 unspecified atom stereocenters. The molecule has 2 fully saturated rings. The molecule has 2 heterocycles. The molecule has 2 saturated heterocycles. The third-order valence-corrected chi connectivity index (χ3v) is 6.38. The Labute approximate surface area is 180 Å². The summed E-state index contributed by atoms with van der Waals surface area (Å²) in [4.78, 5) is 30.3. The van der Waals surface area contributed by atoms with E-state index in [1.54, 1.807) is 6.07 Å². The fourth-order valence-electron chi connectivity index (χ4n) is 4.13. The van der Waals surface area contributed by atoms with Crippen molar-refractivity contribution in [1.82, 2.24) is 4.90 Å². The van der Waals surface area contributed by atoms with Crippen LogP contribution in [0.4, 0.5) is 11.4 Å². The van der Waals surface area contributed by atoms with Crippen LogP contribution in [0.5, 0.6) is 0 Å². The zero-order valence-electron chi connectivity index (χ0n) is 16.5. The minimum atomic E-state index is -0.192. The van der Waals surface area contributed by atoms with Crippen LogP contribution < -0.4 is 10.2 Å². The van der Waals surface area contributed by atoms with Crippen LogP contribution in [-0.4, -0.2) is 42.9 Å². The first-order chi connectivity index (χ1) is 14.1. The van der Waals surface area contributed by atoms with Gasteiger partial charge in [-0.05, 0) is 78.4 Å². The quantitative estimate of drug-likeness (QED) is 0.710. The second-order valence-corrected chi connectivity index (χ2v) is 8.57. The lowest BCUT2D eigenvalue weighted by molar-refractivity contribution is 0.0724. The molecule has 2 amide bonds. The Bertz CT molecular complexity index is 903. The lowest BCUT2D eigenvalue weighted by Crippen LogP contribution is -2.36. The molecule has 2 aliphatic heterocycles. The van der Waals surface area contributed by atoms with Gasteiger partial charge in [0.1, 0.15) is 0 Å². The summed E-state index contributed by atoms with van der Waals surface area (Å²) in [6.45, 7) is 3.57. The summed E-state index contributed by atoms with van der Waals surface area (Å²) in [5.41, 5.74) is 2.89. The monoisotopic (exact) mass is 455 g/mol. The van der Waals surface area contributed by atoms with Gasteiger partial charge in [0.2, 0.25) is 0 Å². The first-order valence-corrected chi connectivity index (χ1v) is 11.2. The summed E-state index contributed by atoms with van der Waals surface area (Å²) in [5.74, 6) is -0.119. The minimum absolute atomic E-state index is 0.0728. The number of anilines is 2. The molecule has 0 saturated carbocycles. The second kappa shape index (κ2) is 8.99. The van der Waals surface area contributed by atoms with E-state index in [1.807, 2.05) is 41.3 Å². The van der Waals surface area contributed by atoms with Gasteiger partial charge < -0.3 is 15.1 Å². The van der Waals surface area contributed by atoms with Gasteiger partial charge in [-0.25, -0.2) is 0 Å². The maximum atomic E-state index is 13.3. The second-order valence-electron chi connectivity index (χ2n) is 7.71. The zero-order valence-corrected chi connectivity index (χ0v) is 18.1. The molecule has 29 heavy (non-hydrogen) atoms. The van der Waals surface area contributed by atoms with Crippen molar-refractivity contribution in [3.05, 3.63) is 58.1 Å². The van der Waals surface area contributed by atoms with Crippen LogP contribution in [0, 0.1) is 0 Å². The molecule has 6 heteroatoms. The Kier molecular flexibility index (Phi) is 6.19. The Morgan fingerprint density at radius 3 is 2.24 bits per heavy atom. The fourth-order valence-corrected chi connectivity index (χ4v) is 4.59. The molecule has 0 aromatic heterocycles. The average Bonchev–Trinajstić information content (AvgIpc) is 3.29. The largest absolute Gasteiger partial charge is 0.371 e. The van der Waals surface area contributed by atoms with Crippen LogP contribution in [-0.2, 0) is 0 Å². The van der Waals surface area contributed by atoms with E-state index in [0.717, 1.165) is 62.0 Å². The highest BCUT2D eigenvalue weighted by Crippen LogP contribution is 2.30. The molecule has 2 aromatic carbocycles. The normalized spacial score (nSPS) is 16.7. The van der Waals surface area contributed by atoms with E-state index in [1.165, 1.54) is 6.42 Å². The van der Waals surface area contributed by atoms with Crippen molar-refractivity contribution in [1.29, 1.82) is 0 Å². The van der Waals surface area contributed by atoms with E-state index >= 15 is 0 Å². The van der Waals surface area contributed by atoms with Gasteiger partial charge in [0, 0.05) is 42.0 Å². The smallest absolute Gasteiger partial charge is 0.256 e. The van der Waals surface area contributed by atoms with Crippen LogP contribution in [0.1, 0.15) is 52.8 Å². The highest BCUT2D eigenvalue weighted by molar-refractivity contribution is 9.10. The summed E-state index contributed by atoms with van der Waals surface area (Å²) in [6.07, 6.45) is 5.60. The van der Waals surface area contributed by atoms with E-state index < -0.39 is 0 Å². The van der Waals surface area contributed by atoms with E-state index in [-0.39, 0.29) is 11.8 Å². The SMILES string of the molecule is O=C(Nc1ccc(N2CCCC2)c(C(=O)N2CCCCC2)c1)c1ccccc1Br. The summed E-state index contributed by atoms with van der Waals surface area (Å²) >= 11 is 3.43. The number of carbonyl (C=O) groups is 2. The first kappa shape index (κ1) is 20.0. The number of benzene rings is 2. The maximum Gasteiger partial charge on any atom is 0.256 e. The van der Waals surface area contributed by atoms with E-state index in [0.29, 0.717) is 16.8 Å². The van der Waals surface area contributed by atoms with Crippen molar-refractivity contribution >= 4 is 39.1 Å². The molecule has 5 nitrogen and oxygen atoms in total. The number of piperidine rings is 1. The molecule has 152 valence electrons. The van der Waals surface area contributed by atoms with Crippen molar-refractivity contribution < 1.29 is 9.59 Å². The highest BCUT2D eigenvalue weighted by atomic mass is 79.9. The summed E-state index contributed by atoms with van der Waals surface area (Å²) in [7, 11) is 0. The van der Waals surface area contributed by atoms with E-state index in [9.17, 15) is 9.59 Å². The molecule has 2 aromatic rings. The number of nitrogens with one attached hydrogen (secondary N) is 1. The zero-order chi connectivity index (χ0) is 20.2. The lowest BCUT2D eigenvalue weighted by Gasteiger charge is -2.29.